The maximum atomic E-state index is 11.2. The Morgan fingerprint density at radius 3 is 2.13 bits per heavy atom. The number of phenolic OH excluding ortho intramolecular Hbond substituents is 1. The van der Waals surface area contributed by atoms with E-state index in [1.165, 1.54) is 0 Å². The van der Waals surface area contributed by atoms with Crippen LogP contribution >= 0.6 is 0 Å². The van der Waals surface area contributed by atoms with Gasteiger partial charge in [-0.15, -0.1) is 0 Å². The molecule has 23 heavy (non-hydrogen) atoms. The molecule has 0 atom stereocenters. The number of phenols is 1. The molecule has 0 aliphatic heterocycles. The van der Waals surface area contributed by atoms with Gasteiger partial charge in [0.1, 0.15) is 17.2 Å². The van der Waals surface area contributed by atoms with Crippen molar-refractivity contribution < 1.29 is 24.5 Å². The number of hydrogen-bond acceptors (Lipinski definition) is 4. The van der Waals surface area contributed by atoms with E-state index in [1.807, 2.05) is 0 Å². The molecule has 2 aromatic carbocycles. The fraction of sp³-hybridized carbons (Fsp3) is 0.176. The summed E-state index contributed by atoms with van der Waals surface area (Å²) in [5.41, 5.74) is 2.58. The zero-order valence-corrected chi connectivity index (χ0v) is 13.0. The first-order valence-electron chi connectivity index (χ1n) is 6.91. The van der Waals surface area contributed by atoms with Crippen LogP contribution in [0.3, 0.4) is 0 Å². The number of anilines is 1. The summed E-state index contributed by atoms with van der Waals surface area (Å²) in [5.74, 6) is -1.25. The Hall–Kier alpha value is -3.02. The Morgan fingerprint density at radius 1 is 1.00 bits per heavy atom. The standard InChI is InChI=1S/C17H17NO5/c1-9-8-13(4-5-14(9)19)23-15-10(2)6-12(7-11(15)3)18-16(20)17(21)22/h4-8,19H,1-3H3,(H,18,20)(H,21,22). The maximum absolute atomic E-state index is 11.2. The van der Waals surface area contributed by atoms with Crippen LogP contribution < -0.4 is 10.1 Å². The van der Waals surface area contributed by atoms with Crippen molar-refractivity contribution in [1.82, 2.24) is 0 Å². The van der Waals surface area contributed by atoms with Gasteiger partial charge < -0.3 is 20.3 Å². The van der Waals surface area contributed by atoms with Crippen LogP contribution in [0.4, 0.5) is 5.69 Å². The summed E-state index contributed by atoms with van der Waals surface area (Å²) in [6.45, 7) is 5.37. The Bertz CT molecular complexity index is 760. The van der Waals surface area contributed by atoms with E-state index in [9.17, 15) is 14.7 Å². The molecule has 1 amide bonds. The molecule has 6 nitrogen and oxygen atoms in total. The molecule has 0 fully saturated rings. The highest BCUT2D eigenvalue weighted by Gasteiger charge is 2.14. The quantitative estimate of drug-likeness (QED) is 0.756. The smallest absolute Gasteiger partial charge is 0.394 e. The zero-order chi connectivity index (χ0) is 17.1. The van der Waals surface area contributed by atoms with E-state index >= 15 is 0 Å². The van der Waals surface area contributed by atoms with E-state index in [2.05, 4.69) is 5.32 Å². The first-order valence-corrected chi connectivity index (χ1v) is 6.91. The monoisotopic (exact) mass is 315 g/mol. The normalized spacial score (nSPS) is 10.2. The van der Waals surface area contributed by atoms with Gasteiger partial charge in [0, 0.05) is 5.69 Å². The number of aromatic hydroxyl groups is 1. The molecule has 0 bridgehead atoms. The van der Waals surface area contributed by atoms with E-state index in [4.69, 9.17) is 9.84 Å². The van der Waals surface area contributed by atoms with E-state index in [-0.39, 0.29) is 5.75 Å². The molecule has 0 saturated heterocycles. The third kappa shape index (κ3) is 3.79. The van der Waals surface area contributed by atoms with Crippen LogP contribution in [0.25, 0.3) is 0 Å². The van der Waals surface area contributed by atoms with Gasteiger partial charge in [0.05, 0.1) is 0 Å². The lowest BCUT2D eigenvalue weighted by molar-refractivity contribution is -0.147. The second-order valence-electron chi connectivity index (χ2n) is 5.25. The minimum Gasteiger partial charge on any atom is -0.508 e. The largest absolute Gasteiger partial charge is 0.508 e. The highest BCUT2D eigenvalue weighted by Crippen LogP contribution is 2.33. The minimum absolute atomic E-state index is 0.192. The average molecular weight is 315 g/mol. The summed E-state index contributed by atoms with van der Waals surface area (Å²) in [6, 6.07) is 8.19. The van der Waals surface area contributed by atoms with Crippen molar-refractivity contribution in [3.05, 3.63) is 47.0 Å². The summed E-state index contributed by atoms with van der Waals surface area (Å²) in [6.07, 6.45) is 0. The number of rotatable bonds is 3. The molecule has 0 aliphatic rings. The van der Waals surface area contributed by atoms with Gasteiger partial charge in [-0.2, -0.15) is 0 Å². The van der Waals surface area contributed by atoms with Crippen molar-refractivity contribution in [3.8, 4) is 17.2 Å². The molecule has 0 radical (unpaired) electrons. The molecule has 3 N–H and O–H groups in total. The van der Waals surface area contributed by atoms with E-state index in [0.29, 0.717) is 22.7 Å². The Morgan fingerprint density at radius 2 is 1.61 bits per heavy atom. The van der Waals surface area contributed by atoms with Crippen LogP contribution in [0.1, 0.15) is 16.7 Å². The number of aliphatic carboxylic acids is 1. The molecule has 0 unspecified atom stereocenters. The van der Waals surface area contributed by atoms with E-state index in [0.717, 1.165) is 11.1 Å². The predicted octanol–water partition coefficient (Wildman–Crippen LogP) is 3.13. The van der Waals surface area contributed by atoms with E-state index in [1.54, 1.807) is 51.1 Å². The summed E-state index contributed by atoms with van der Waals surface area (Å²) in [5, 5.41) is 20.5. The number of ether oxygens (including phenoxy) is 1. The number of aryl methyl sites for hydroxylation is 3. The van der Waals surface area contributed by atoms with Gasteiger partial charge >= 0.3 is 11.9 Å². The Labute approximate surface area is 133 Å². The summed E-state index contributed by atoms with van der Waals surface area (Å²) in [7, 11) is 0. The van der Waals surface area contributed by atoms with Gasteiger partial charge in [-0.05, 0) is 67.8 Å². The molecular formula is C17H17NO5. The van der Waals surface area contributed by atoms with Crippen molar-refractivity contribution in [2.45, 2.75) is 20.8 Å². The number of carbonyl (C=O) groups is 2. The number of carboxylic acid groups (broad SMARTS) is 1. The lowest BCUT2D eigenvalue weighted by atomic mass is 10.1. The van der Waals surface area contributed by atoms with Crippen molar-refractivity contribution in [3.63, 3.8) is 0 Å². The SMILES string of the molecule is Cc1cc(Oc2c(C)cc(NC(=O)C(=O)O)cc2C)ccc1O. The van der Waals surface area contributed by atoms with Crippen LogP contribution in [0, 0.1) is 20.8 Å². The molecule has 2 aromatic rings. The molecule has 0 saturated carbocycles. The minimum atomic E-state index is -1.54. The van der Waals surface area contributed by atoms with Gasteiger partial charge in [0.15, 0.2) is 0 Å². The van der Waals surface area contributed by atoms with Gasteiger partial charge in [0.25, 0.3) is 0 Å². The fourth-order valence-electron chi connectivity index (χ4n) is 2.18. The van der Waals surface area contributed by atoms with Gasteiger partial charge in [0.2, 0.25) is 0 Å². The first kappa shape index (κ1) is 16.4. The third-order valence-corrected chi connectivity index (χ3v) is 3.30. The number of carboxylic acids is 1. The van der Waals surface area contributed by atoms with Gasteiger partial charge in [-0.1, -0.05) is 0 Å². The molecular weight excluding hydrogens is 298 g/mol. The average Bonchev–Trinajstić information content (AvgIpc) is 2.46. The van der Waals surface area contributed by atoms with Crippen molar-refractivity contribution >= 4 is 17.6 Å². The fourth-order valence-corrected chi connectivity index (χ4v) is 2.18. The summed E-state index contributed by atoms with van der Waals surface area (Å²) < 4.78 is 5.84. The van der Waals surface area contributed by atoms with Crippen LogP contribution in [0.2, 0.25) is 0 Å². The molecule has 0 spiro atoms. The van der Waals surface area contributed by atoms with E-state index < -0.39 is 11.9 Å². The highest BCUT2D eigenvalue weighted by molar-refractivity contribution is 6.36. The first-order chi connectivity index (χ1) is 10.8. The van der Waals surface area contributed by atoms with Crippen LogP contribution in [0.5, 0.6) is 17.2 Å². The van der Waals surface area contributed by atoms with Crippen LogP contribution in [-0.2, 0) is 9.59 Å². The molecule has 120 valence electrons. The summed E-state index contributed by atoms with van der Waals surface area (Å²) >= 11 is 0. The van der Waals surface area contributed by atoms with Gasteiger partial charge in [-0.25, -0.2) is 4.79 Å². The zero-order valence-electron chi connectivity index (χ0n) is 13.0. The second kappa shape index (κ2) is 6.39. The summed E-state index contributed by atoms with van der Waals surface area (Å²) in [4.78, 5) is 21.8. The molecule has 0 aromatic heterocycles. The third-order valence-electron chi connectivity index (χ3n) is 3.30. The Balaban J connectivity index is 2.28. The topological polar surface area (TPSA) is 95.9 Å². The number of hydrogen-bond donors (Lipinski definition) is 3. The van der Waals surface area contributed by atoms with Gasteiger partial charge in [-0.3, -0.25) is 4.79 Å². The van der Waals surface area contributed by atoms with Crippen LogP contribution in [0.15, 0.2) is 30.3 Å². The molecule has 2 rings (SSSR count). The van der Waals surface area contributed by atoms with Crippen molar-refractivity contribution in [1.29, 1.82) is 0 Å². The van der Waals surface area contributed by atoms with Crippen LogP contribution in [-0.4, -0.2) is 22.1 Å². The molecule has 6 heteroatoms. The lowest BCUT2D eigenvalue weighted by Gasteiger charge is -2.14. The number of benzene rings is 2. The highest BCUT2D eigenvalue weighted by atomic mass is 16.5. The van der Waals surface area contributed by atoms with Crippen molar-refractivity contribution in [2.75, 3.05) is 5.32 Å². The maximum Gasteiger partial charge on any atom is 0.394 e. The van der Waals surface area contributed by atoms with Crippen molar-refractivity contribution in [2.24, 2.45) is 0 Å². The predicted molar refractivity (Wildman–Crippen MR) is 85.1 cm³/mol. The molecule has 0 aliphatic carbocycles. The Kier molecular flexibility index (Phi) is 4.55. The lowest BCUT2D eigenvalue weighted by Crippen LogP contribution is -2.21. The molecule has 0 heterocycles. The number of carbonyl (C=O) groups excluding carboxylic acids is 1. The number of nitrogens with one attached hydrogen (secondary N) is 1. The second-order valence-corrected chi connectivity index (χ2v) is 5.25. The number of amides is 1.